The second-order valence-electron chi connectivity index (χ2n) is 7.35. The molecule has 0 radical (unpaired) electrons. The Morgan fingerprint density at radius 3 is 2.13 bits per heavy atom. The summed E-state index contributed by atoms with van der Waals surface area (Å²) in [5.41, 5.74) is 0.522. The molecule has 4 rings (SSSR count). The summed E-state index contributed by atoms with van der Waals surface area (Å²) < 4.78 is 58.7. The van der Waals surface area contributed by atoms with E-state index < -0.39 is 28.8 Å². The molecule has 1 nitrogen and oxygen atoms in total. The molecule has 0 aromatic heterocycles. The van der Waals surface area contributed by atoms with Crippen LogP contribution in [0.25, 0.3) is 33.0 Å². The van der Waals surface area contributed by atoms with Gasteiger partial charge in [-0.15, -0.1) is 0 Å². The predicted molar refractivity (Wildman–Crippen MR) is 113 cm³/mol. The second kappa shape index (κ2) is 8.23. The van der Waals surface area contributed by atoms with Crippen molar-refractivity contribution in [3.63, 3.8) is 0 Å². The number of rotatable bonds is 4. The van der Waals surface area contributed by atoms with Crippen molar-refractivity contribution in [2.45, 2.75) is 19.8 Å². The molecule has 0 bridgehead atoms. The minimum absolute atomic E-state index is 0.0412. The first-order valence-corrected chi connectivity index (χ1v) is 9.83. The molecule has 0 fully saturated rings. The fraction of sp³-hybridized carbons (Fsp3) is 0.115. The number of hydrogen-bond acceptors (Lipinski definition) is 1. The number of benzene rings is 4. The van der Waals surface area contributed by atoms with E-state index in [-0.39, 0.29) is 22.3 Å². The Kier molecular flexibility index (Phi) is 5.48. The van der Waals surface area contributed by atoms with Gasteiger partial charge in [0.15, 0.2) is 0 Å². The molecule has 5 heteroatoms. The number of nitrogens with zero attached hydrogens (tertiary/aromatic N) is 1. The molecule has 31 heavy (non-hydrogen) atoms. The normalized spacial score (nSPS) is 11.0. The first-order valence-electron chi connectivity index (χ1n) is 9.83. The molecule has 0 aliphatic heterocycles. The summed E-state index contributed by atoms with van der Waals surface area (Å²) in [6, 6.07) is 15.7. The van der Waals surface area contributed by atoms with Gasteiger partial charge in [0.25, 0.3) is 0 Å². The topological polar surface area (TPSA) is 23.8 Å². The van der Waals surface area contributed by atoms with Gasteiger partial charge in [-0.05, 0) is 52.8 Å². The average molecular weight is 419 g/mol. The van der Waals surface area contributed by atoms with Crippen molar-refractivity contribution in [1.82, 2.24) is 0 Å². The Labute approximate surface area is 177 Å². The fourth-order valence-electron chi connectivity index (χ4n) is 3.77. The molecule has 0 saturated carbocycles. The van der Waals surface area contributed by atoms with E-state index in [9.17, 15) is 13.2 Å². The Morgan fingerprint density at radius 1 is 0.774 bits per heavy atom. The van der Waals surface area contributed by atoms with Crippen LogP contribution in [0, 0.1) is 34.6 Å². The molecule has 0 unspecified atom stereocenters. The highest BCUT2D eigenvalue weighted by Gasteiger charge is 2.18. The summed E-state index contributed by atoms with van der Waals surface area (Å²) in [6.45, 7) is 2.06. The van der Waals surface area contributed by atoms with E-state index in [4.69, 9.17) is 5.26 Å². The minimum Gasteiger partial charge on any atom is -0.206 e. The van der Waals surface area contributed by atoms with Gasteiger partial charge in [0, 0.05) is 10.9 Å². The lowest BCUT2D eigenvalue weighted by Crippen LogP contribution is -1.96. The van der Waals surface area contributed by atoms with E-state index in [1.165, 1.54) is 12.1 Å². The fourth-order valence-corrected chi connectivity index (χ4v) is 3.77. The second-order valence-corrected chi connectivity index (χ2v) is 7.35. The Hall–Kier alpha value is -3.65. The van der Waals surface area contributed by atoms with E-state index in [0.29, 0.717) is 5.39 Å². The lowest BCUT2D eigenvalue weighted by Gasteiger charge is -2.12. The quantitative estimate of drug-likeness (QED) is 0.313. The SMILES string of the molecule is CCCc1ccc2c(F)c(-c3cc(F)c(-c4ccc(C#N)c(F)c4)c(F)c3)ccc2c1. The van der Waals surface area contributed by atoms with Gasteiger partial charge < -0.3 is 0 Å². The molecule has 154 valence electrons. The first-order chi connectivity index (χ1) is 14.9. The first kappa shape index (κ1) is 20.6. The van der Waals surface area contributed by atoms with E-state index in [2.05, 4.69) is 6.92 Å². The van der Waals surface area contributed by atoms with E-state index >= 15 is 4.39 Å². The van der Waals surface area contributed by atoms with Crippen LogP contribution in [-0.2, 0) is 6.42 Å². The molecule has 0 amide bonds. The molecule has 0 saturated heterocycles. The third-order valence-electron chi connectivity index (χ3n) is 5.29. The smallest absolute Gasteiger partial charge is 0.141 e. The van der Waals surface area contributed by atoms with Crippen molar-refractivity contribution < 1.29 is 17.6 Å². The molecule has 0 aliphatic carbocycles. The maximum Gasteiger partial charge on any atom is 0.141 e. The zero-order valence-corrected chi connectivity index (χ0v) is 16.6. The van der Waals surface area contributed by atoms with Crippen LogP contribution in [0.1, 0.15) is 24.5 Å². The van der Waals surface area contributed by atoms with Crippen molar-refractivity contribution in [2.24, 2.45) is 0 Å². The lowest BCUT2D eigenvalue weighted by atomic mass is 9.95. The van der Waals surface area contributed by atoms with Crippen LogP contribution in [0.2, 0.25) is 0 Å². The Balaban J connectivity index is 1.80. The van der Waals surface area contributed by atoms with Gasteiger partial charge in [0.1, 0.15) is 29.3 Å². The van der Waals surface area contributed by atoms with Gasteiger partial charge in [-0.25, -0.2) is 17.6 Å². The molecular formula is C26H17F4N. The Morgan fingerprint density at radius 2 is 1.48 bits per heavy atom. The van der Waals surface area contributed by atoms with Gasteiger partial charge in [-0.3, -0.25) is 0 Å². The largest absolute Gasteiger partial charge is 0.206 e. The number of fused-ring (bicyclic) bond motifs is 1. The summed E-state index contributed by atoms with van der Waals surface area (Å²) in [5.74, 6) is -3.32. The van der Waals surface area contributed by atoms with Gasteiger partial charge >= 0.3 is 0 Å². The third kappa shape index (κ3) is 3.77. The monoisotopic (exact) mass is 419 g/mol. The molecular weight excluding hydrogens is 402 g/mol. The number of nitriles is 1. The van der Waals surface area contributed by atoms with Crippen molar-refractivity contribution in [1.29, 1.82) is 5.26 Å². The maximum atomic E-state index is 15.2. The molecule has 0 spiro atoms. The van der Waals surface area contributed by atoms with Crippen LogP contribution in [0.15, 0.2) is 60.7 Å². The van der Waals surface area contributed by atoms with E-state index in [1.54, 1.807) is 18.2 Å². The van der Waals surface area contributed by atoms with Crippen molar-refractivity contribution >= 4 is 10.8 Å². The van der Waals surface area contributed by atoms with Crippen LogP contribution in [0.5, 0.6) is 0 Å². The van der Waals surface area contributed by atoms with Gasteiger partial charge in [-0.2, -0.15) is 5.26 Å². The highest BCUT2D eigenvalue weighted by atomic mass is 19.1. The molecule has 0 N–H and O–H groups in total. The predicted octanol–water partition coefficient (Wildman–Crippen LogP) is 7.55. The average Bonchev–Trinajstić information content (AvgIpc) is 2.74. The maximum absolute atomic E-state index is 15.2. The number of aryl methyl sites for hydroxylation is 1. The van der Waals surface area contributed by atoms with Crippen molar-refractivity contribution in [3.05, 3.63) is 95.1 Å². The Bertz CT molecular complexity index is 1330. The third-order valence-corrected chi connectivity index (χ3v) is 5.29. The standard InChI is InChI=1S/C26H17F4N/c1-2-3-15-4-8-20-16(10-15)7-9-21(26(20)30)19-12-23(28)25(24(29)13-19)17-5-6-18(14-31)22(27)11-17/h4-13H,2-3H2,1H3. The van der Waals surface area contributed by atoms with Gasteiger partial charge in [0.05, 0.1) is 11.1 Å². The number of hydrogen-bond donors (Lipinski definition) is 0. The van der Waals surface area contributed by atoms with E-state index in [0.717, 1.165) is 48.1 Å². The molecule has 0 heterocycles. The lowest BCUT2D eigenvalue weighted by molar-refractivity contribution is 0.588. The molecule has 4 aromatic rings. The highest BCUT2D eigenvalue weighted by Crippen LogP contribution is 2.35. The zero-order valence-electron chi connectivity index (χ0n) is 16.6. The van der Waals surface area contributed by atoms with Crippen LogP contribution >= 0.6 is 0 Å². The van der Waals surface area contributed by atoms with Crippen LogP contribution < -0.4 is 0 Å². The van der Waals surface area contributed by atoms with Crippen molar-refractivity contribution in [3.8, 4) is 28.3 Å². The van der Waals surface area contributed by atoms with Crippen LogP contribution in [-0.4, -0.2) is 0 Å². The summed E-state index contributed by atoms with van der Waals surface area (Å²) in [5, 5.41) is 9.91. The van der Waals surface area contributed by atoms with Gasteiger partial charge in [0.2, 0.25) is 0 Å². The summed E-state index contributed by atoms with van der Waals surface area (Å²) in [7, 11) is 0. The van der Waals surface area contributed by atoms with Crippen molar-refractivity contribution in [2.75, 3.05) is 0 Å². The molecule has 4 aromatic carbocycles. The van der Waals surface area contributed by atoms with E-state index in [1.807, 2.05) is 12.1 Å². The highest BCUT2D eigenvalue weighted by molar-refractivity contribution is 5.89. The summed E-state index contributed by atoms with van der Waals surface area (Å²) >= 11 is 0. The number of halogens is 4. The molecule has 0 aliphatic rings. The zero-order chi connectivity index (χ0) is 22.1. The molecule has 0 atom stereocenters. The van der Waals surface area contributed by atoms with Crippen LogP contribution in [0.4, 0.5) is 17.6 Å². The van der Waals surface area contributed by atoms with Crippen LogP contribution in [0.3, 0.4) is 0 Å². The van der Waals surface area contributed by atoms with Gasteiger partial charge in [-0.1, -0.05) is 49.7 Å². The minimum atomic E-state index is -0.947. The summed E-state index contributed by atoms with van der Waals surface area (Å²) in [6.07, 6.45) is 1.85. The summed E-state index contributed by atoms with van der Waals surface area (Å²) in [4.78, 5) is 0.